The van der Waals surface area contributed by atoms with Gasteiger partial charge < -0.3 is 14.8 Å². The van der Waals surface area contributed by atoms with Gasteiger partial charge in [-0.25, -0.2) is 4.98 Å². The topological polar surface area (TPSA) is 111 Å². The molecule has 1 aromatic heterocycles. The van der Waals surface area contributed by atoms with Gasteiger partial charge in [-0.2, -0.15) is 5.01 Å². The van der Waals surface area contributed by atoms with Crippen LogP contribution >= 0.6 is 28.1 Å². The number of nitrogens with zero attached hydrogens (tertiary/aromatic N) is 3. The van der Waals surface area contributed by atoms with Crippen LogP contribution in [-0.4, -0.2) is 44.1 Å². The average Bonchev–Trinajstić information content (AvgIpc) is 3.29. The number of nitrogens with one attached hydrogen (secondary N) is 2. The highest BCUT2D eigenvalue weighted by molar-refractivity contribution is 9.10. The number of phenols is 1. The number of rotatable bonds is 5. The van der Waals surface area contributed by atoms with Gasteiger partial charge in [0.15, 0.2) is 11.5 Å². The third kappa shape index (κ3) is 4.30. The highest BCUT2D eigenvalue weighted by atomic mass is 79.9. The molecule has 36 heavy (non-hydrogen) atoms. The van der Waals surface area contributed by atoms with Gasteiger partial charge in [-0.3, -0.25) is 19.9 Å². The van der Waals surface area contributed by atoms with Crippen molar-refractivity contribution >= 4 is 73.8 Å². The molecule has 2 amide bonds. The maximum atomic E-state index is 13.6. The molecule has 0 atom stereocenters. The molecule has 3 aromatic carbocycles. The lowest BCUT2D eigenvalue weighted by molar-refractivity contribution is -0.127. The van der Waals surface area contributed by atoms with E-state index in [-0.39, 0.29) is 28.1 Å². The Morgan fingerprint density at radius 2 is 1.83 bits per heavy atom. The Hall–Kier alpha value is -4.22. The quantitative estimate of drug-likeness (QED) is 0.185. The number of methoxy groups -OCH3 is 1. The lowest BCUT2D eigenvalue weighted by Crippen LogP contribution is -2.58. The maximum absolute atomic E-state index is 13.6. The summed E-state index contributed by atoms with van der Waals surface area (Å²) in [4.78, 5) is 35.9. The first-order chi connectivity index (χ1) is 17.4. The van der Waals surface area contributed by atoms with Gasteiger partial charge in [0, 0.05) is 4.47 Å². The molecule has 0 bridgehead atoms. The van der Waals surface area contributed by atoms with Crippen molar-refractivity contribution in [2.75, 3.05) is 17.4 Å². The van der Waals surface area contributed by atoms with Crippen LogP contribution in [-0.2, 0) is 9.59 Å². The second kappa shape index (κ2) is 9.44. The molecular weight excluding hydrogens is 546 g/mol. The fourth-order valence-electron chi connectivity index (χ4n) is 3.71. The number of carbonyl (C=O) groups is 2. The van der Waals surface area contributed by atoms with Crippen molar-refractivity contribution in [2.24, 2.45) is 0 Å². The van der Waals surface area contributed by atoms with Crippen molar-refractivity contribution < 1.29 is 19.4 Å². The lowest BCUT2D eigenvalue weighted by atomic mass is 10.1. The number of aromatic hydroxyl groups is 1. The number of phenolic OH excluding ortho intramolecular Hbond substituents is 1. The van der Waals surface area contributed by atoms with Crippen LogP contribution in [0.15, 0.2) is 76.8 Å². The third-order valence-corrected chi connectivity index (χ3v) is 6.35. The van der Waals surface area contributed by atoms with Gasteiger partial charge >= 0.3 is 0 Å². The second-order valence-electron chi connectivity index (χ2n) is 7.74. The summed E-state index contributed by atoms with van der Waals surface area (Å²) in [6, 6.07) is 18.9. The van der Waals surface area contributed by atoms with Crippen molar-refractivity contribution in [2.45, 2.75) is 0 Å². The molecule has 0 aliphatic carbocycles. The van der Waals surface area contributed by atoms with Gasteiger partial charge in [-0.05, 0) is 72.4 Å². The number of carbonyl (C=O) groups excluding carboxylic acids is 2. The minimum atomic E-state index is -0.661. The number of H-pyrrole nitrogens is 1. The molecule has 1 aliphatic heterocycles. The molecule has 0 radical (unpaired) electrons. The number of amides is 2. The number of aromatic nitrogens is 2. The van der Waals surface area contributed by atoms with E-state index in [9.17, 15) is 14.7 Å². The number of benzene rings is 3. The van der Waals surface area contributed by atoms with Crippen molar-refractivity contribution in [1.82, 2.24) is 15.0 Å². The van der Waals surface area contributed by atoms with Crippen LogP contribution in [0.25, 0.3) is 17.1 Å². The number of thiocarbonyl (C=S) groups is 1. The molecule has 1 saturated heterocycles. The summed E-state index contributed by atoms with van der Waals surface area (Å²) in [5.74, 6) is -0.833. The first-order valence-corrected chi connectivity index (χ1v) is 11.8. The number of hydrazine groups is 1. The number of anilines is 2. The Morgan fingerprint density at radius 3 is 2.56 bits per heavy atom. The zero-order chi connectivity index (χ0) is 25.4. The zero-order valence-electron chi connectivity index (χ0n) is 18.7. The molecule has 3 N–H and O–H groups in total. The molecule has 4 aromatic rings. The third-order valence-electron chi connectivity index (χ3n) is 5.46. The summed E-state index contributed by atoms with van der Waals surface area (Å²) < 4.78 is 5.98. The van der Waals surface area contributed by atoms with E-state index in [1.54, 1.807) is 30.3 Å². The molecule has 1 fully saturated rings. The van der Waals surface area contributed by atoms with Crippen LogP contribution < -0.4 is 15.1 Å². The summed E-state index contributed by atoms with van der Waals surface area (Å²) in [5, 5.41) is 11.0. The summed E-state index contributed by atoms with van der Waals surface area (Å²) >= 11 is 8.97. The smallest absolute Gasteiger partial charge is 0.284 e. The number of hydrogen-bond acceptors (Lipinski definition) is 7. The highest BCUT2D eigenvalue weighted by Crippen LogP contribution is 2.30. The molecule has 5 rings (SSSR count). The maximum Gasteiger partial charge on any atom is 0.284 e. The number of hydrogen-bond donors (Lipinski definition) is 3. The normalized spacial score (nSPS) is 15.2. The molecule has 9 nitrogen and oxygen atoms in total. The van der Waals surface area contributed by atoms with Crippen molar-refractivity contribution in [3.05, 3.63) is 82.3 Å². The number of ether oxygens (including phenoxy) is 1. The van der Waals surface area contributed by atoms with E-state index in [0.29, 0.717) is 16.8 Å². The van der Waals surface area contributed by atoms with Gasteiger partial charge in [0.25, 0.3) is 11.8 Å². The fourth-order valence-corrected chi connectivity index (χ4v) is 4.29. The van der Waals surface area contributed by atoms with Gasteiger partial charge in [0.05, 0.1) is 23.8 Å². The standard InChI is InChI=1S/C25H18BrN5O4S/c1-35-21-13-14(6-11-20(21)32)12-17-22(33)30(16-9-7-15(26)8-10-16)25(36)31(23(17)34)29-24-27-18-4-2-3-5-19(18)28-24/h2-13,32H,1H3,(H2,27,28,29)/b17-12+. The summed E-state index contributed by atoms with van der Waals surface area (Å²) in [5.41, 5.74) is 5.19. The van der Waals surface area contributed by atoms with Crippen molar-refractivity contribution in [1.29, 1.82) is 0 Å². The van der Waals surface area contributed by atoms with Gasteiger partial charge in [-0.1, -0.05) is 34.1 Å². The van der Waals surface area contributed by atoms with Crippen LogP contribution in [0.4, 0.5) is 11.6 Å². The molecule has 0 unspecified atom stereocenters. The van der Waals surface area contributed by atoms with Crippen LogP contribution in [0.3, 0.4) is 0 Å². The minimum absolute atomic E-state index is 0.0618. The molecule has 0 saturated carbocycles. The molecule has 11 heteroatoms. The van der Waals surface area contributed by atoms with Crippen molar-refractivity contribution in [3.63, 3.8) is 0 Å². The molecule has 1 aliphatic rings. The summed E-state index contributed by atoms with van der Waals surface area (Å²) in [7, 11) is 1.41. The summed E-state index contributed by atoms with van der Waals surface area (Å²) in [6.07, 6.45) is 1.42. The van der Waals surface area contributed by atoms with E-state index in [1.807, 2.05) is 24.3 Å². The zero-order valence-corrected chi connectivity index (χ0v) is 21.1. The number of imidazole rings is 1. The van der Waals surface area contributed by atoms with E-state index >= 15 is 0 Å². The Labute approximate surface area is 219 Å². The highest BCUT2D eigenvalue weighted by Gasteiger charge is 2.41. The Bertz CT molecular complexity index is 1520. The van der Waals surface area contributed by atoms with Gasteiger partial charge in [0.1, 0.15) is 5.57 Å². The van der Waals surface area contributed by atoms with Crippen LogP contribution in [0.5, 0.6) is 11.5 Å². The number of fused-ring (bicyclic) bond motifs is 1. The number of para-hydroxylation sites is 2. The Morgan fingerprint density at radius 1 is 1.08 bits per heavy atom. The Balaban J connectivity index is 1.59. The lowest BCUT2D eigenvalue weighted by Gasteiger charge is -2.36. The SMILES string of the molecule is COc1cc(/C=C2/C(=O)N(Nc3nc4ccccc4[nH]3)C(=S)N(c3ccc(Br)cc3)C2=O)ccc1O. The van der Waals surface area contributed by atoms with E-state index in [0.717, 1.165) is 15.0 Å². The van der Waals surface area contributed by atoms with E-state index in [1.165, 1.54) is 30.2 Å². The minimum Gasteiger partial charge on any atom is -0.504 e. The molecule has 2 heterocycles. The average molecular weight is 564 g/mol. The number of halogens is 1. The van der Waals surface area contributed by atoms with E-state index in [4.69, 9.17) is 17.0 Å². The van der Waals surface area contributed by atoms with Gasteiger partial charge in [0.2, 0.25) is 11.1 Å². The van der Waals surface area contributed by atoms with E-state index in [2.05, 4.69) is 31.3 Å². The monoisotopic (exact) mass is 563 g/mol. The molecular formula is C25H18BrN5O4S. The molecule has 0 spiro atoms. The first-order valence-electron chi connectivity index (χ1n) is 10.6. The fraction of sp³-hybridized carbons (Fsp3) is 0.0400. The first kappa shape index (κ1) is 23.5. The van der Waals surface area contributed by atoms with Crippen LogP contribution in [0.1, 0.15) is 5.56 Å². The summed E-state index contributed by atoms with van der Waals surface area (Å²) in [6.45, 7) is 0. The van der Waals surface area contributed by atoms with Gasteiger partial charge in [-0.15, -0.1) is 0 Å². The predicted octanol–water partition coefficient (Wildman–Crippen LogP) is 4.61. The Kier molecular flexibility index (Phi) is 6.17. The molecule has 180 valence electrons. The van der Waals surface area contributed by atoms with E-state index < -0.39 is 11.8 Å². The predicted molar refractivity (Wildman–Crippen MR) is 143 cm³/mol. The largest absolute Gasteiger partial charge is 0.504 e. The number of aromatic amines is 1. The second-order valence-corrected chi connectivity index (χ2v) is 9.02. The van der Waals surface area contributed by atoms with Crippen LogP contribution in [0.2, 0.25) is 0 Å². The van der Waals surface area contributed by atoms with Crippen molar-refractivity contribution in [3.8, 4) is 11.5 Å². The van der Waals surface area contributed by atoms with Crippen LogP contribution in [0, 0.1) is 0 Å².